The minimum Gasteiger partial charge on any atom is -0.452 e. The number of anilines is 1. The Hall–Kier alpha value is -3.55. The number of nitrogens with zero attached hydrogens (tertiary/aromatic N) is 2. The van der Waals surface area contributed by atoms with E-state index in [0.29, 0.717) is 11.5 Å². The van der Waals surface area contributed by atoms with Crippen molar-refractivity contribution in [2.45, 2.75) is 25.4 Å². The fraction of sp³-hybridized carbons (Fsp3) is 0.200. The van der Waals surface area contributed by atoms with E-state index in [0.717, 1.165) is 5.56 Å². The minimum atomic E-state index is -0.830. The number of aromatic nitrogens is 2. The predicted molar refractivity (Wildman–Crippen MR) is 96.6 cm³/mol. The molecule has 4 rings (SSSR count). The summed E-state index contributed by atoms with van der Waals surface area (Å²) in [5.74, 6) is -1.86. The quantitative estimate of drug-likeness (QED) is 0.694. The lowest BCUT2D eigenvalue weighted by atomic mass is 9.90. The number of carbonyl (C=O) groups is 2. The number of rotatable bonds is 4. The number of fused-ring (bicyclic) bond motifs is 1. The van der Waals surface area contributed by atoms with Crippen molar-refractivity contribution in [3.05, 3.63) is 65.8 Å². The molecule has 7 nitrogen and oxygen atoms in total. The summed E-state index contributed by atoms with van der Waals surface area (Å²) in [7, 11) is 0. The van der Waals surface area contributed by atoms with Crippen LogP contribution >= 0.6 is 0 Å². The number of hydrogen-bond donors (Lipinski definition) is 1. The fourth-order valence-electron chi connectivity index (χ4n) is 3.05. The minimum absolute atomic E-state index is 0.0801. The molecule has 2 heterocycles. The third-order valence-corrected chi connectivity index (χ3v) is 4.44. The summed E-state index contributed by atoms with van der Waals surface area (Å²) in [6.07, 6.45) is -0.880. The lowest BCUT2D eigenvalue weighted by Gasteiger charge is -2.25. The van der Waals surface area contributed by atoms with Gasteiger partial charge in [-0.1, -0.05) is 24.3 Å². The van der Waals surface area contributed by atoms with Crippen molar-refractivity contribution in [1.29, 1.82) is 0 Å². The van der Waals surface area contributed by atoms with Gasteiger partial charge in [-0.15, -0.1) is 10.2 Å². The Balaban J connectivity index is 1.51. The van der Waals surface area contributed by atoms with Gasteiger partial charge in [0.2, 0.25) is 11.8 Å². The van der Waals surface area contributed by atoms with Gasteiger partial charge in [0.05, 0.1) is 5.92 Å². The number of benzene rings is 2. The van der Waals surface area contributed by atoms with Crippen LogP contribution in [0.25, 0.3) is 11.5 Å². The largest absolute Gasteiger partial charge is 0.452 e. The van der Waals surface area contributed by atoms with Crippen molar-refractivity contribution >= 4 is 17.6 Å². The van der Waals surface area contributed by atoms with Crippen molar-refractivity contribution in [3.63, 3.8) is 0 Å². The standard InChI is InChI=1S/C20H16FN3O4/c1-11(18-23-24-19(28-18)12-5-3-2-4-6-12)27-20(26)15-10-17(25)22-16-9-13(21)7-8-14(15)16/h2-9,11,15H,10H2,1H3,(H,22,25)/t11-,15+/m0/s1. The van der Waals surface area contributed by atoms with E-state index < -0.39 is 23.8 Å². The monoisotopic (exact) mass is 381 g/mol. The van der Waals surface area contributed by atoms with Crippen molar-refractivity contribution in [2.24, 2.45) is 0 Å². The van der Waals surface area contributed by atoms with E-state index in [9.17, 15) is 14.0 Å². The summed E-state index contributed by atoms with van der Waals surface area (Å²) < 4.78 is 24.5. The molecule has 2 aromatic carbocycles. The van der Waals surface area contributed by atoms with Gasteiger partial charge in [-0.2, -0.15) is 0 Å². The molecule has 0 spiro atoms. The van der Waals surface area contributed by atoms with Crippen molar-refractivity contribution in [1.82, 2.24) is 10.2 Å². The van der Waals surface area contributed by atoms with Crippen LogP contribution in [0.3, 0.4) is 0 Å². The van der Waals surface area contributed by atoms with Crippen LogP contribution < -0.4 is 5.32 Å². The third-order valence-electron chi connectivity index (χ3n) is 4.44. The molecule has 8 heteroatoms. The average molecular weight is 381 g/mol. The lowest BCUT2D eigenvalue weighted by molar-refractivity contribution is -0.152. The van der Waals surface area contributed by atoms with E-state index in [2.05, 4.69) is 15.5 Å². The number of hydrogen-bond acceptors (Lipinski definition) is 6. The highest BCUT2D eigenvalue weighted by Crippen LogP contribution is 2.35. The fourth-order valence-corrected chi connectivity index (χ4v) is 3.05. The molecule has 0 radical (unpaired) electrons. The van der Waals surface area contributed by atoms with Crippen LogP contribution in [0.4, 0.5) is 10.1 Å². The number of amides is 1. The molecule has 1 N–H and O–H groups in total. The molecular formula is C20H16FN3O4. The van der Waals surface area contributed by atoms with Gasteiger partial charge in [0.25, 0.3) is 5.89 Å². The zero-order chi connectivity index (χ0) is 19.7. The summed E-state index contributed by atoms with van der Waals surface area (Å²) in [5, 5.41) is 10.5. The van der Waals surface area contributed by atoms with Gasteiger partial charge in [0.15, 0.2) is 6.10 Å². The Morgan fingerprint density at radius 3 is 2.82 bits per heavy atom. The first kappa shape index (κ1) is 17.8. The molecule has 142 valence electrons. The molecule has 0 aliphatic carbocycles. The highest BCUT2D eigenvalue weighted by atomic mass is 19.1. The Morgan fingerprint density at radius 2 is 2.04 bits per heavy atom. The number of nitrogens with one attached hydrogen (secondary N) is 1. The highest BCUT2D eigenvalue weighted by Gasteiger charge is 2.33. The zero-order valence-electron chi connectivity index (χ0n) is 14.9. The number of carbonyl (C=O) groups excluding carboxylic acids is 2. The molecule has 1 aromatic heterocycles. The number of ether oxygens (including phenoxy) is 1. The molecule has 0 saturated heterocycles. The van der Waals surface area contributed by atoms with Crippen LogP contribution in [0, 0.1) is 5.82 Å². The van der Waals surface area contributed by atoms with Crippen LogP contribution in [0.1, 0.15) is 36.8 Å². The van der Waals surface area contributed by atoms with Gasteiger partial charge < -0.3 is 14.5 Å². The maximum atomic E-state index is 13.4. The molecule has 0 bridgehead atoms. The molecule has 1 aliphatic rings. The smallest absolute Gasteiger partial charge is 0.314 e. The normalized spacial score (nSPS) is 16.8. The van der Waals surface area contributed by atoms with E-state index in [-0.39, 0.29) is 23.9 Å². The summed E-state index contributed by atoms with van der Waals surface area (Å²) in [6, 6.07) is 13.1. The van der Waals surface area contributed by atoms with E-state index in [1.165, 1.54) is 18.2 Å². The maximum absolute atomic E-state index is 13.4. The molecule has 1 aliphatic heterocycles. The first-order valence-electron chi connectivity index (χ1n) is 8.70. The maximum Gasteiger partial charge on any atom is 0.314 e. The highest BCUT2D eigenvalue weighted by molar-refractivity contribution is 6.00. The molecular weight excluding hydrogens is 365 g/mol. The molecule has 0 fully saturated rings. The Bertz CT molecular complexity index is 1030. The van der Waals surface area contributed by atoms with Crippen LogP contribution in [-0.2, 0) is 14.3 Å². The zero-order valence-corrected chi connectivity index (χ0v) is 14.9. The number of esters is 1. The van der Waals surface area contributed by atoms with Gasteiger partial charge in [-0.3, -0.25) is 9.59 Å². The van der Waals surface area contributed by atoms with Gasteiger partial charge in [0.1, 0.15) is 5.82 Å². The molecule has 1 amide bonds. The molecule has 2 atom stereocenters. The first-order chi connectivity index (χ1) is 13.5. The molecule has 28 heavy (non-hydrogen) atoms. The van der Waals surface area contributed by atoms with Crippen LogP contribution in [-0.4, -0.2) is 22.1 Å². The Kier molecular flexibility index (Phi) is 4.60. The van der Waals surface area contributed by atoms with Gasteiger partial charge in [-0.25, -0.2) is 4.39 Å². The number of halogens is 1. The van der Waals surface area contributed by atoms with Gasteiger partial charge >= 0.3 is 5.97 Å². The SMILES string of the molecule is C[C@H](OC(=O)[C@@H]1CC(=O)Nc2cc(F)ccc21)c1nnc(-c2ccccc2)o1. The van der Waals surface area contributed by atoms with E-state index in [4.69, 9.17) is 9.15 Å². The summed E-state index contributed by atoms with van der Waals surface area (Å²) in [4.78, 5) is 24.6. The van der Waals surface area contributed by atoms with Crippen molar-refractivity contribution < 1.29 is 23.1 Å². The molecule has 0 unspecified atom stereocenters. The van der Waals surface area contributed by atoms with Gasteiger partial charge in [-0.05, 0) is 36.8 Å². The second kappa shape index (κ2) is 7.22. The molecule has 0 saturated carbocycles. The van der Waals surface area contributed by atoms with Crippen LogP contribution in [0.5, 0.6) is 0 Å². The van der Waals surface area contributed by atoms with Crippen LogP contribution in [0.2, 0.25) is 0 Å². The topological polar surface area (TPSA) is 94.3 Å². The second-order valence-electron chi connectivity index (χ2n) is 6.43. The Morgan fingerprint density at radius 1 is 1.25 bits per heavy atom. The van der Waals surface area contributed by atoms with Crippen molar-refractivity contribution in [2.75, 3.05) is 5.32 Å². The lowest BCUT2D eigenvalue weighted by Crippen LogP contribution is -2.29. The average Bonchev–Trinajstić information content (AvgIpc) is 3.18. The van der Waals surface area contributed by atoms with Crippen molar-refractivity contribution in [3.8, 4) is 11.5 Å². The Labute approximate surface area is 159 Å². The van der Waals surface area contributed by atoms with Crippen LogP contribution in [0.15, 0.2) is 52.9 Å². The summed E-state index contributed by atoms with van der Waals surface area (Å²) in [6.45, 7) is 1.61. The summed E-state index contributed by atoms with van der Waals surface area (Å²) >= 11 is 0. The van der Waals surface area contributed by atoms with Gasteiger partial charge in [0, 0.05) is 17.7 Å². The summed E-state index contributed by atoms with van der Waals surface area (Å²) in [5.41, 5.74) is 1.53. The molecule has 3 aromatic rings. The first-order valence-corrected chi connectivity index (χ1v) is 8.70. The van der Waals surface area contributed by atoms with E-state index >= 15 is 0 Å². The van der Waals surface area contributed by atoms with E-state index in [1.54, 1.807) is 6.92 Å². The third kappa shape index (κ3) is 3.48. The predicted octanol–water partition coefficient (Wildman–Crippen LogP) is 3.61. The van der Waals surface area contributed by atoms with E-state index in [1.807, 2.05) is 30.3 Å². The second-order valence-corrected chi connectivity index (χ2v) is 6.43.